The predicted octanol–water partition coefficient (Wildman–Crippen LogP) is 9.76. The monoisotopic (exact) mass is 1010 g/mol. The van der Waals surface area contributed by atoms with Gasteiger partial charge in [-0.1, -0.05) is 54.7 Å². The first-order valence-corrected chi connectivity index (χ1v) is 27.0. The Kier molecular flexibility index (Phi) is 13.9. The minimum Gasteiger partial charge on any atom is -0.490 e. The highest BCUT2D eigenvalue weighted by molar-refractivity contribution is 7.22. The Labute approximate surface area is 434 Å². The Hall–Kier alpha value is -7.17. The third-order valence-corrected chi connectivity index (χ3v) is 16.9. The number of ether oxygens (including phenoxy) is 1. The standard InChI is InChI=1S/C58H63N9O6S/c1-35(24-26-65-28-30-66(31-29-65)39-16-19-44-48(33-39)64(3)63-53(44)45-21-23-52(68)61-56(45)70)32-37-14-17-40(18-15-37)73-49-12-7-9-41(36(49)2)42-20-22-51(60-54(42)57(71)72)67-27-25-38-8-6-10-43(46(38)34-67)55(69)62-58-59-47-11-4-5-13-50(47)74-58/h4-13,16,19-20,22,33,35,37,40,45H,14-15,17-18,21,23-32,34H2,1-3H3,(H,71,72)(H,59,62,69)(H,61,68,70)/t35-,37?,40?,45+/m0/s1. The minimum absolute atomic E-state index is 0.0177. The number of aryl methyl sites for hydroxylation is 1. The smallest absolute Gasteiger partial charge is 0.355 e. The van der Waals surface area contributed by atoms with E-state index < -0.39 is 11.9 Å². The number of aromatic nitrogens is 4. The number of carbonyl (C=O) groups excluding carboxylic acids is 3. The van der Waals surface area contributed by atoms with Gasteiger partial charge in [0.05, 0.1) is 33.4 Å². The van der Waals surface area contributed by atoms with E-state index in [1.54, 1.807) is 0 Å². The summed E-state index contributed by atoms with van der Waals surface area (Å²) >= 11 is 1.44. The van der Waals surface area contributed by atoms with Crippen LogP contribution in [0.1, 0.15) is 107 Å². The Morgan fingerprint density at radius 2 is 1.68 bits per heavy atom. The number of pyridine rings is 1. The van der Waals surface area contributed by atoms with Gasteiger partial charge in [0.1, 0.15) is 11.6 Å². The summed E-state index contributed by atoms with van der Waals surface area (Å²) in [5.74, 6) is 0.432. The number of piperidine rings is 1. The number of fused-ring (bicyclic) bond motifs is 3. The Morgan fingerprint density at radius 3 is 2.47 bits per heavy atom. The number of carboxylic acids is 1. The molecule has 382 valence electrons. The Morgan fingerprint density at radius 1 is 0.865 bits per heavy atom. The molecule has 74 heavy (non-hydrogen) atoms. The van der Waals surface area contributed by atoms with Crippen molar-refractivity contribution < 1.29 is 29.0 Å². The number of nitrogens with zero attached hydrogens (tertiary/aromatic N) is 7. The van der Waals surface area contributed by atoms with Crippen molar-refractivity contribution >= 4 is 72.8 Å². The largest absolute Gasteiger partial charge is 0.490 e. The zero-order valence-electron chi connectivity index (χ0n) is 42.3. The molecule has 6 heterocycles. The second-order valence-electron chi connectivity index (χ2n) is 20.8. The molecule has 7 aromatic rings. The molecule has 0 radical (unpaired) electrons. The molecule has 3 N–H and O–H groups in total. The van der Waals surface area contributed by atoms with Crippen molar-refractivity contribution in [2.75, 3.05) is 54.4 Å². The fraction of sp³-hybridized carbons (Fsp3) is 0.397. The van der Waals surface area contributed by atoms with E-state index in [0.29, 0.717) is 66.3 Å². The number of carboxylic acid groups (broad SMARTS) is 1. The molecule has 4 aliphatic rings. The topological polar surface area (TPSA) is 175 Å². The molecule has 11 rings (SSSR count). The molecule has 0 spiro atoms. The predicted molar refractivity (Wildman–Crippen MR) is 289 cm³/mol. The van der Waals surface area contributed by atoms with Gasteiger partial charge in [-0.25, -0.2) is 14.8 Å². The molecule has 0 bridgehead atoms. The molecule has 2 atom stereocenters. The maximum Gasteiger partial charge on any atom is 0.355 e. The van der Waals surface area contributed by atoms with Gasteiger partial charge in [0.25, 0.3) is 5.91 Å². The molecule has 15 nitrogen and oxygen atoms in total. The lowest BCUT2D eigenvalue weighted by Crippen LogP contribution is -2.46. The highest BCUT2D eigenvalue weighted by Crippen LogP contribution is 2.38. The summed E-state index contributed by atoms with van der Waals surface area (Å²) in [6, 6.07) is 29.6. The van der Waals surface area contributed by atoms with Crippen LogP contribution in [-0.2, 0) is 29.6 Å². The van der Waals surface area contributed by atoms with Gasteiger partial charge in [-0.3, -0.25) is 34.6 Å². The van der Waals surface area contributed by atoms with Crippen LogP contribution in [-0.4, -0.2) is 98.8 Å². The second kappa shape index (κ2) is 21.0. The van der Waals surface area contributed by atoms with Crippen LogP contribution < -0.4 is 25.2 Å². The van der Waals surface area contributed by atoms with Crippen LogP contribution in [0.2, 0.25) is 0 Å². The third kappa shape index (κ3) is 10.2. The molecule has 4 aromatic carbocycles. The molecule has 1 saturated carbocycles. The molecular formula is C58H63N9O6S. The number of hydrogen-bond acceptors (Lipinski definition) is 12. The molecule has 1 aliphatic carbocycles. The van der Waals surface area contributed by atoms with Gasteiger partial charge in [0.2, 0.25) is 11.8 Å². The lowest BCUT2D eigenvalue weighted by Gasteiger charge is -2.37. The maximum absolute atomic E-state index is 13.7. The maximum atomic E-state index is 13.7. The van der Waals surface area contributed by atoms with E-state index in [1.807, 2.05) is 85.4 Å². The van der Waals surface area contributed by atoms with Gasteiger partial charge in [-0.15, -0.1) is 0 Å². The molecule has 3 amide bonds. The average Bonchev–Trinajstić information content (AvgIpc) is 3.98. The first-order chi connectivity index (χ1) is 35.9. The van der Waals surface area contributed by atoms with E-state index in [2.05, 4.69) is 61.5 Å². The minimum atomic E-state index is -1.10. The summed E-state index contributed by atoms with van der Waals surface area (Å²) in [4.78, 5) is 67.4. The van der Waals surface area contributed by atoms with Crippen molar-refractivity contribution in [2.45, 2.75) is 90.2 Å². The lowest BCUT2D eigenvalue weighted by atomic mass is 9.81. The summed E-state index contributed by atoms with van der Waals surface area (Å²) in [5, 5.41) is 22.3. The van der Waals surface area contributed by atoms with Crippen molar-refractivity contribution in [3.05, 3.63) is 125 Å². The first-order valence-electron chi connectivity index (χ1n) is 26.2. The van der Waals surface area contributed by atoms with E-state index in [1.165, 1.54) is 29.9 Å². The van der Waals surface area contributed by atoms with E-state index in [-0.39, 0.29) is 29.5 Å². The fourth-order valence-electron chi connectivity index (χ4n) is 11.8. The number of hydrogen-bond donors (Lipinski definition) is 3. The summed E-state index contributed by atoms with van der Waals surface area (Å²) in [6.07, 6.45) is 8.27. The normalized spacial score (nSPS) is 19.9. The third-order valence-electron chi connectivity index (χ3n) is 15.9. The van der Waals surface area contributed by atoms with Crippen LogP contribution in [0.25, 0.3) is 32.2 Å². The van der Waals surface area contributed by atoms with Gasteiger partial charge in [0.15, 0.2) is 10.8 Å². The van der Waals surface area contributed by atoms with Crippen molar-refractivity contribution in [3.8, 4) is 16.9 Å². The van der Waals surface area contributed by atoms with E-state index in [0.717, 1.165) is 113 Å². The number of carbonyl (C=O) groups is 4. The number of rotatable bonds is 14. The molecule has 3 aromatic heterocycles. The summed E-state index contributed by atoms with van der Waals surface area (Å²) in [6.45, 7) is 10.5. The highest BCUT2D eigenvalue weighted by Gasteiger charge is 2.33. The fourth-order valence-corrected chi connectivity index (χ4v) is 12.6. The molecule has 3 fully saturated rings. The second-order valence-corrected chi connectivity index (χ2v) is 21.8. The first kappa shape index (κ1) is 49.1. The molecule has 16 heteroatoms. The number of nitrogens with one attached hydrogen (secondary N) is 2. The van der Waals surface area contributed by atoms with E-state index in [4.69, 9.17) is 14.8 Å². The van der Waals surface area contributed by atoms with Crippen molar-refractivity contribution in [1.82, 2.24) is 30.0 Å². The number of imide groups is 1. The van der Waals surface area contributed by atoms with Gasteiger partial charge in [-0.2, -0.15) is 5.10 Å². The van der Waals surface area contributed by atoms with E-state index >= 15 is 0 Å². The zero-order chi connectivity index (χ0) is 51.0. The van der Waals surface area contributed by atoms with Crippen molar-refractivity contribution in [2.24, 2.45) is 18.9 Å². The number of amides is 3. The summed E-state index contributed by atoms with van der Waals surface area (Å²) in [5.41, 5.74) is 8.52. The average molecular weight is 1010 g/mol. The molecular weight excluding hydrogens is 951 g/mol. The van der Waals surface area contributed by atoms with Gasteiger partial charge < -0.3 is 19.6 Å². The molecule has 2 saturated heterocycles. The Bertz CT molecular complexity index is 3250. The number of anilines is 3. The van der Waals surface area contributed by atoms with Crippen LogP contribution in [0.4, 0.5) is 16.6 Å². The van der Waals surface area contributed by atoms with Crippen molar-refractivity contribution in [3.63, 3.8) is 0 Å². The van der Waals surface area contributed by atoms with Gasteiger partial charge >= 0.3 is 5.97 Å². The number of thiazole rings is 1. The van der Waals surface area contributed by atoms with Gasteiger partial charge in [-0.05, 0) is 154 Å². The number of benzene rings is 4. The zero-order valence-corrected chi connectivity index (χ0v) is 43.1. The lowest BCUT2D eigenvalue weighted by molar-refractivity contribution is -0.134. The van der Waals surface area contributed by atoms with Crippen molar-refractivity contribution in [1.29, 1.82) is 0 Å². The highest BCUT2D eigenvalue weighted by atomic mass is 32.1. The Balaban J connectivity index is 0.657. The quantitative estimate of drug-likeness (QED) is 0.0882. The summed E-state index contributed by atoms with van der Waals surface area (Å²) in [7, 11) is 1.92. The van der Waals surface area contributed by atoms with Crippen LogP contribution in [0, 0.1) is 18.8 Å². The summed E-state index contributed by atoms with van der Waals surface area (Å²) < 4.78 is 9.57. The van der Waals surface area contributed by atoms with Crippen LogP contribution in [0.3, 0.4) is 0 Å². The number of piperazine rings is 1. The van der Waals surface area contributed by atoms with Crippen LogP contribution in [0.5, 0.6) is 5.75 Å². The SMILES string of the molecule is Cc1c(OC2CCC(C[C@@H](C)CCN3CCN(c4ccc5c([C@H]6CCC(=O)NC6=O)nn(C)c5c4)CC3)CC2)cccc1-c1ccc(N2CCc3cccc(C(=O)Nc4nc5ccccc5s4)c3C2)nc1C(=O)O. The van der Waals surface area contributed by atoms with Crippen LogP contribution >= 0.6 is 11.3 Å². The number of aromatic carboxylic acids is 1. The van der Waals surface area contributed by atoms with Crippen LogP contribution in [0.15, 0.2) is 91.0 Å². The molecule has 0 unspecified atom stereocenters. The number of para-hydroxylation sites is 1. The van der Waals surface area contributed by atoms with E-state index in [9.17, 15) is 24.3 Å². The van der Waals surface area contributed by atoms with Gasteiger partial charge in [0, 0.05) is 74.9 Å². The molecule has 3 aliphatic heterocycles.